The van der Waals surface area contributed by atoms with E-state index in [2.05, 4.69) is 10.2 Å². The van der Waals surface area contributed by atoms with Gasteiger partial charge >= 0.3 is 0 Å². The van der Waals surface area contributed by atoms with Gasteiger partial charge in [0.2, 0.25) is 11.8 Å². The standard InChI is InChI=1S/C20H17F2N3O2/c21-16-6-4-13(5-7-16)18-23-24-19(27-18)14-8-10-25(11-9-14)20(26)15-2-1-3-17(22)12-15/h1-7,12,14H,8-11H2. The lowest BCUT2D eigenvalue weighted by molar-refractivity contribution is 0.0706. The average Bonchev–Trinajstić information content (AvgIpc) is 3.18. The van der Waals surface area contributed by atoms with Crippen molar-refractivity contribution in [1.82, 2.24) is 15.1 Å². The fourth-order valence-corrected chi connectivity index (χ4v) is 3.24. The number of piperidine rings is 1. The zero-order valence-corrected chi connectivity index (χ0v) is 14.4. The van der Waals surface area contributed by atoms with E-state index < -0.39 is 5.82 Å². The summed E-state index contributed by atoms with van der Waals surface area (Å²) in [5.41, 5.74) is 1.01. The van der Waals surface area contributed by atoms with Crippen LogP contribution < -0.4 is 0 Å². The summed E-state index contributed by atoms with van der Waals surface area (Å²) in [6, 6.07) is 11.6. The molecule has 1 amide bonds. The van der Waals surface area contributed by atoms with E-state index >= 15 is 0 Å². The molecular formula is C20H17F2N3O2. The minimum atomic E-state index is -0.421. The van der Waals surface area contributed by atoms with E-state index in [1.54, 1.807) is 23.1 Å². The Labute approximate surface area is 154 Å². The molecule has 0 aliphatic carbocycles. The van der Waals surface area contributed by atoms with Gasteiger partial charge in [-0.3, -0.25) is 4.79 Å². The van der Waals surface area contributed by atoms with Crippen LogP contribution in [0.4, 0.5) is 8.78 Å². The van der Waals surface area contributed by atoms with Gasteiger partial charge in [-0.2, -0.15) is 0 Å². The van der Waals surface area contributed by atoms with Crippen LogP contribution in [0.25, 0.3) is 11.5 Å². The summed E-state index contributed by atoms with van der Waals surface area (Å²) in [4.78, 5) is 14.2. The Morgan fingerprint density at radius 2 is 1.74 bits per heavy atom. The summed E-state index contributed by atoms with van der Waals surface area (Å²) in [6.45, 7) is 1.07. The number of nitrogens with zero attached hydrogens (tertiary/aromatic N) is 3. The Bertz CT molecular complexity index is 948. The minimum Gasteiger partial charge on any atom is -0.420 e. The van der Waals surface area contributed by atoms with E-state index in [1.807, 2.05) is 0 Å². The monoisotopic (exact) mass is 369 g/mol. The van der Waals surface area contributed by atoms with Crippen LogP contribution in [0.2, 0.25) is 0 Å². The second kappa shape index (κ2) is 7.26. The molecule has 0 atom stereocenters. The molecule has 3 aromatic rings. The summed E-state index contributed by atoms with van der Waals surface area (Å²) in [5.74, 6) is 0.00734. The van der Waals surface area contributed by atoms with Crippen LogP contribution in [0.5, 0.6) is 0 Å². The molecule has 0 N–H and O–H groups in total. The second-order valence-corrected chi connectivity index (χ2v) is 6.53. The number of likely N-dealkylation sites (tertiary alicyclic amines) is 1. The van der Waals surface area contributed by atoms with E-state index in [1.165, 1.54) is 30.3 Å². The minimum absolute atomic E-state index is 0.0586. The summed E-state index contributed by atoms with van der Waals surface area (Å²) in [7, 11) is 0. The Kier molecular flexibility index (Phi) is 4.66. The molecule has 5 nitrogen and oxygen atoms in total. The molecule has 1 fully saturated rings. The van der Waals surface area contributed by atoms with Crippen LogP contribution in [0.15, 0.2) is 52.9 Å². The van der Waals surface area contributed by atoms with Gasteiger partial charge in [0, 0.05) is 30.1 Å². The summed E-state index contributed by atoms with van der Waals surface area (Å²) in [6.07, 6.45) is 1.37. The first-order chi connectivity index (χ1) is 13.1. The molecule has 1 aliphatic rings. The second-order valence-electron chi connectivity index (χ2n) is 6.53. The van der Waals surface area contributed by atoms with Crippen molar-refractivity contribution in [2.45, 2.75) is 18.8 Å². The van der Waals surface area contributed by atoms with Crippen LogP contribution in [0.3, 0.4) is 0 Å². The first-order valence-corrected chi connectivity index (χ1v) is 8.74. The molecule has 27 heavy (non-hydrogen) atoms. The number of carbonyl (C=O) groups excluding carboxylic acids is 1. The molecule has 138 valence electrons. The quantitative estimate of drug-likeness (QED) is 0.699. The van der Waals surface area contributed by atoms with Crippen molar-refractivity contribution in [1.29, 1.82) is 0 Å². The average molecular weight is 369 g/mol. The van der Waals surface area contributed by atoms with Gasteiger partial charge < -0.3 is 9.32 Å². The molecule has 2 aromatic carbocycles. The van der Waals surface area contributed by atoms with E-state index in [0.717, 1.165) is 0 Å². The van der Waals surface area contributed by atoms with Crippen LogP contribution in [0, 0.1) is 11.6 Å². The highest BCUT2D eigenvalue weighted by atomic mass is 19.1. The molecule has 0 spiro atoms. The van der Waals surface area contributed by atoms with Gasteiger partial charge in [0.25, 0.3) is 5.91 Å². The maximum absolute atomic E-state index is 13.3. The molecule has 1 aromatic heterocycles. The van der Waals surface area contributed by atoms with Crippen LogP contribution >= 0.6 is 0 Å². The maximum Gasteiger partial charge on any atom is 0.253 e. The van der Waals surface area contributed by atoms with E-state index in [9.17, 15) is 13.6 Å². The fourth-order valence-electron chi connectivity index (χ4n) is 3.24. The van der Waals surface area contributed by atoms with Gasteiger partial charge in [0.05, 0.1) is 0 Å². The topological polar surface area (TPSA) is 59.2 Å². The van der Waals surface area contributed by atoms with Gasteiger partial charge in [0.15, 0.2) is 0 Å². The first kappa shape index (κ1) is 17.3. The Balaban J connectivity index is 1.41. The SMILES string of the molecule is O=C(c1cccc(F)c1)N1CCC(c2nnc(-c3ccc(F)cc3)o2)CC1. The molecule has 4 rings (SSSR count). The molecule has 0 radical (unpaired) electrons. The third-order valence-electron chi connectivity index (χ3n) is 4.73. The first-order valence-electron chi connectivity index (χ1n) is 8.74. The number of halogens is 2. The van der Waals surface area contributed by atoms with Crippen molar-refractivity contribution in [3.05, 3.63) is 71.6 Å². The van der Waals surface area contributed by atoms with Gasteiger partial charge in [-0.25, -0.2) is 8.78 Å². The largest absolute Gasteiger partial charge is 0.420 e. The molecule has 0 bridgehead atoms. The lowest BCUT2D eigenvalue weighted by atomic mass is 9.96. The number of amides is 1. The number of hydrogen-bond acceptors (Lipinski definition) is 4. The molecule has 0 unspecified atom stereocenters. The summed E-state index contributed by atoms with van der Waals surface area (Å²) < 4.78 is 32.1. The molecule has 2 heterocycles. The highest BCUT2D eigenvalue weighted by Gasteiger charge is 2.28. The number of rotatable bonds is 3. The van der Waals surface area contributed by atoms with Gasteiger partial charge in [0.1, 0.15) is 11.6 Å². The van der Waals surface area contributed by atoms with Crippen molar-refractivity contribution < 1.29 is 18.0 Å². The third kappa shape index (κ3) is 3.72. The highest BCUT2D eigenvalue weighted by molar-refractivity contribution is 5.94. The van der Waals surface area contributed by atoms with Crippen molar-refractivity contribution in [3.63, 3.8) is 0 Å². The van der Waals surface area contributed by atoms with Gasteiger partial charge in [-0.15, -0.1) is 10.2 Å². The third-order valence-corrected chi connectivity index (χ3v) is 4.73. The number of aromatic nitrogens is 2. The summed E-state index contributed by atoms with van der Waals surface area (Å²) in [5, 5.41) is 8.16. The summed E-state index contributed by atoms with van der Waals surface area (Å²) >= 11 is 0. The fraction of sp³-hybridized carbons (Fsp3) is 0.250. The predicted octanol–water partition coefficient (Wildman–Crippen LogP) is 4.03. The van der Waals surface area contributed by atoms with Crippen molar-refractivity contribution in [3.8, 4) is 11.5 Å². The Morgan fingerprint density at radius 3 is 2.44 bits per heavy atom. The molecule has 7 heteroatoms. The maximum atomic E-state index is 13.3. The zero-order valence-electron chi connectivity index (χ0n) is 14.4. The van der Waals surface area contributed by atoms with E-state index in [-0.39, 0.29) is 17.6 Å². The lowest BCUT2D eigenvalue weighted by Gasteiger charge is -2.30. The number of carbonyl (C=O) groups is 1. The smallest absolute Gasteiger partial charge is 0.253 e. The van der Waals surface area contributed by atoms with Crippen LogP contribution in [-0.2, 0) is 0 Å². The van der Waals surface area contributed by atoms with E-state index in [4.69, 9.17) is 4.42 Å². The van der Waals surface area contributed by atoms with E-state index in [0.29, 0.717) is 48.8 Å². The lowest BCUT2D eigenvalue weighted by Crippen LogP contribution is -2.38. The Morgan fingerprint density at radius 1 is 1.00 bits per heavy atom. The van der Waals surface area contributed by atoms with Crippen LogP contribution in [0.1, 0.15) is 35.0 Å². The van der Waals surface area contributed by atoms with Crippen molar-refractivity contribution in [2.24, 2.45) is 0 Å². The number of benzene rings is 2. The molecule has 0 saturated carbocycles. The van der Waals surface area contributed by atoms with Gasteiger partial charge in [-0.05, 0) is 55.3 Å². The van der Waals surface area contributed by atoms with Crippen LogP contribution in [-0.4, -0.2) is 34.1 Å². The Hall–Kier alpha value is -3.09. The molecule has 1 saturated heterocycles. The number of hydrogen-bond donors (Lipinski definition) is 0. The van der Waals surface area contributed by atoms with Gasteiger partial charge in [-0.1, -0.05) is 6.07 Å². The highest BCUT2D eigenvalue weighted by Crippen LogP contribution is 2.30. The molecule has 1 aliphatic heterocycles. The van der Waals surface area contributed by atoms with Crippen molar-refractivity contribution in [2.75, 3.05) is 13.1 Å². The predicted molar refractivity (Wildman–Crippen MR) is 94.0 cm³/mol. The zero-order chi connectivity index (χ0) is 18.8. The molecular weight excluding hydrogens is 352 g/mol. The normalized spacial score (nSPS) is 15.1. The van der Waals surface area contributed by atoms with Crippen molar-refractivity contribution >= 4 is 5.91 Å².